The fourth-order valence-corrected chi connectivity index (χ4v) is 6.89. The number of nitrogens with one attached hydrogen (secondary N) is 2. The van der Waals surface area contributed by atoms with Crippen LogP contribution in [0, 0.1) is 5.41 Å². The van der Waals surface area contributed by atoms with E-state index >= 15 is 0 Å². The van der Waals surface area contributed by atoms with Gasteiger partial charge in [0.1, 0.15) is 18.0 Å². The highest BCUT2D eigenvalue weighted by Gasteiger charge is 2.47. The van der Waals surface area contributed by atoms with Crippen molar-refractivity contribution >= 4 is 17.5 Å². The maximum absolute atomic E-state index is 14.5. The number of hydrogen-bond donors (Lipinski definition) is 3. The summed E-state index contributed by atoms with van der Waals surface area (Å²) in [6.45, 7) is 2.35. The summed E-state index contributed by atoms with van der Waals surface area (Å²) in [5, 5.41) is 24.7. The van der Waals surface area contributed by atoms with Crippen LogP contribution in [0.2, 0.25) is 0 Å². The number of aliphatic hydroxyl groups is 1. The van der Waals surface area contributed by atoms with Crippen molar-refractivity contribution in [2.75, 3.05) is 43.4 Å². The molecule has 246 valence electrons. The van der Waals surface area contributed by atoms with Crippen molar-refractivity contribution in [1.82, 2.24) is 30.0 Å². The van der Waals surface area contributed by atoms with Gasteiger partial charge < -0.3 is 20.3 Å². The van der Waals surface area contributed by atoms with Gasteiger partial charge >= 0.3 is 6.18 Å². The smallest absolute Gasteiger partial charge is 0.390 e. The summed E-state index contributed by atoms with van der Waals surface area (Å²) >= 11 is 0. The molecule has 1 spiro atoms. The number of aliphatic hydroxyl groups excluding tert-OH is 1. The first-order valence-corrected chi connectivity index (χ1v) is 15.8. The van der Waals surface area contributed by atoms with Crippen LogP contribution in [-0.4, -0.2) is 75.0 Å². The van der Waals surface area contributed by atoms with Gasteiger partial charge in [-0.15, -0.1) is 10.2 Å². The molecule has 4 aromatic rings. The van der Waals surface area contributed by atoms with Crippen LogP contribution < -0.4 is 15.5 Å². The van der Waals surface area contributed by atoms with Gasteiger partial charge in [-0.3, -0.25) is 14.6 Å². The van der Waals surface area contributed by atoms with Crippen LogP contribution in [0.4, 0.5) is 24.8 Å². The topological polar surface area (TPSA) is 111 Å². The Hall–Kier alpha value is -4.33. The predicted octanol–water partition coefficient (Wildman–Crippen LogP) is 4.70. The first-order chi connectivity index (χ1) is 22.5. The third kappa shape index (κ3) is 6.22. The number of amides is 1. The van der Waals surface area contributed by atoms with Gasteiger partial charge in [0, 0.05) is 44.4 Å². The van der Waals surface area contributed by atoms with Crippen molar-refractivity contribution in [2.24, 2.45) is 12.5 Å². The van der Waals surface area contributed by atoms with E-state index in [0.29, 0.717) is 41.3 Å². The van der Waals surface area contributed by atoms with Crippen LogP contribution >= 0.6 is 0 Å². The number of nitrogens with zero attached hydrogens (tertiary/aromatic N) is 6. The van der Waals surface area contributed by atoms with E-state index in [-0.39, 0.29) is 30.0 Å². The van der Waals surface area contributed by atoms with Crippen molar-refractivity contribution in [1.29, 1.82) is 0 Å². The number of carbonyl (C=O) groups excluding carboxylic acids is 1. The van der Waals surface area contributed by atoms with Crippen molar-refractivity contribution in [3.63, 3.8) is 0 Å². The molecule has 0 unspecified atom stereocenters. The minimum Gasteiger partial charge on any atom is -0.390 e. The molecule has 0 bridgehead atoms. The molecule has 4 heterocycles. The molecule has 13 heteroatoms. The van der Waals surface area contributed by atoms with Crippen molar-refractivity contribution in [3.05, 3.63) is 77.1 Å². The van der Waals surface area contributed by atoms with Gasteiger partial charge in [-0.05, 0) is 84.8 Å². The third-order valence-corrected chi connectivity index (χ3v) is 9.52. The number of alkyl halides is 3. The molecular weight excluding hydrogens is 609 g/mol. The summed E-state index contributed by atoms with van der Waals surface area (Å²) in [6, 6.07) is 13.9. The molecule has 2 fully saturated rings. The van der Waals surface area contributed by atoms with Crippen molar-refractivity contribution in [2.45, 2.75) is 44.6 Å². The molecule has 1 saturated carbocycles. The van der Waals surface area contributed by atoms with Crippen LogP contribution in [-0.2, 0) is 26.3 Å². The van der Waals surface area contributed by atoms with Gasteiger partial charge in [-0.1, -0.05) is 24.3 Å². The number of aromatic nitrogens is 4. The van der Waals surface area contributed by atoms with Gasteiger partial charge in [0.25, 0.3) is 5.91 Å². The number of anilines is 2. The van der Waals surface area contributed by atoms with E-state index in [9.17, 15) is 23.1 Å². The van der Waals surface area contributed by atoms with E-state index in [1.165, 1.54) is 23.8 Å². The molecule has 3 N–H and O–H groups in total. The number of hydrogen-bond acceptors (Lipinski definition) is 8. The quantitative estimate of drug-likeness (QED) is 0.228. The minimum atomic E-state index is -4.63. The lowest BCUT2D eigenvalue weighted by molar-refractivity contribution is -0.138. The zero-order chi connectivity index (χ0) is 32.9. The van der Waals surface area contributed by atoms with Gasteiger partial charge in [-0.25, -0.2) is 4.98 Å². The standard InChI is InChI=1S/C34H37F3N8O2/c1-38-15-23(46)16-39-29-13-22(24-5-3-4-6-25(24)31-42-40-20-43(31)2)14-30(41-29)45-18-27-26(32(45)47)11-21(12-28(27)34(35,36)37)17-44-10-9-33(19-44)7-8-33/h3-6,11-14,20,23,38,46H,7-10,15-19H2,1-2H3,(H,39,41)/t23-/m0/s1. The highest BCUT2D eigenvalue weighted by atomic mass is 19.4. The van der Waals surface area contributed by atoms with E-state index in [1.54, 1.807) is 36.1 Å². The molecule has 2 aromatic heterocycles. The average molecular weight is 647 g/mol. The number of likely N-dealkylation sites (N-methyl/N-ethyl adjacent to an activating group) is 1. The summed E-state index contributed by atoms with van der Waals surface area (Å²) in [5.41, 5.74) is 2.28. The summed E-state index contributed by atoms with van der Waals surface area (Å²) in [4.78, 5) is 22.2. The van der Waals surface area contributed by atoms with E-state index < -0.39 is 23.8 Å². The highest BCUT2D eigenvalue weighted by Crippen LogP contribution is 2.53. The second kappa shape index (κ2) is 12.0. The molecule has 1 saturated heterocycles. The second-order valence-corrected chi connectivity index (χ2v) is 13.0. The number of benzene rings is 2. The molecule has 7 rings (SSSR count). The average Bonchev–Trinajstić information content (AvgIpc) is 3.30. The number of rotatable bonds is 10. The second-order valence-electron chi connectivity index (χ2n) is 13.0. The Labute approximate surface area is 270 Å². The molecule has 1 amide bonds. The number of fused-ring (bicyclic) bond motifs is 1. The summed E-state index contributed by atoms with van der Waals surface area (Å²) in [5.74, 6) is 0.659. The fraction of sp³-hybridized carbons (Fsp3) is 0.412. The molecule has 3 aliphatic rings. The molecule has 1 atom stereocenters. The summed E-state index contributed by atoms with van der Waals surface area (Å²) < 4.78 is 45.3. The Balaban J connectivity index is 1.27. The lowest BCUT2D eigenvalue weighted by Crippen LogP contribution is -2.30. The molecular formula is C34H37F3N8O2. The Morgan fingerprint density at radius 3 is 2.51 bits per heavy atom. The minimum absolute atomic E-state index is 0.0445. The number of halogens is 3. The van der Waals surface area contributed by atoms with E-state index in [2.05, 4.69) is 30.7 Å². The number of aryl methyl sites for hydroxylation is 1. The van der Waals surface area contributed by atoms with Crippen molar-refractivity contribution < 1.29 is 23.1 Å². The third-order valence-electron chi connectivity index (χ3n) is 9.52. The molecule has 1 aliphatic carbocycles. The number of carbonyl (C=O) groups is 1. The van der Waals surface area contributed by atoms with Crippen LogP contribution in [0.5, 0.6) is 0 Å². The lowest BCUT2D eigenvalue weighted by Gasteiger charge is -2.20. The van der Waals surface area contributed by atoms with Crippen molar-refractivity contribution in [3.8, 4) is 22.5 Å². The Kier molecular flexibility index (Phi) is 8.01. The monoisotopic (exact) mass is 646 g/mol. The molecule has 47 heavy (non-hydrogen) atoms. The van der Waals surface area contributed by atoms with Gasteiger partial charge in [0.05, 0.1) is 18.2 Å². The first kappa shape index (κ1) is 31.3. The summed E-state index contributed by atoms with van der Waals surface area (Å²) in [7, 11) is 3.57. The van der Waals surface area contributed by atoms with Crippen LogP contribution in [0.25, 0.3) is 22.5 Å². The largest absolute Gasteiger partial charge is 0.416 e. The maximum atomic E-state index is 14.5. The van der Waals surface area contributed by atoms with E-state index in [0.717, 1.165) is 30.6 Å². The normalized spacial score (nSPS) is 17.8. The van der Waals surface area contributed by atoms with Crippen LogP contribution in [0.3, 0.4) is 0 Å². The summed E-state index contributed by atoms with van der Waals surface area (Å²) in [6.07, 6.45) is -0.332. The highest BCUT2D eigenvalue weighted by molar-refractivity contribution is 6.10. The Morgan fingerprint density at radius 1 is 1.04 bits per heavy atom. The Bertz CT molecular complexity index is 1820. The molecule has 10 nitrogen and oxygen atoms in total. The van der Waals surface area contributed by atoms with Crippen LogP contribution in [0.1, 0.15) is 46.3 Å². The molecule has 2 aliphatic heterocycles. The number of likely N-dealkylation sites (tertiary alicyclic amines) is 1. The van der Waals surface area contributed by atoms with E-state index in [1.807, 2.05) is 31.3 Å². The molecule has 2 aromatic carbocycles. The molecule has 0 radical (unpaired) electrons. The predicted molar refractivity (Wildman–Crippen MR) is 172 cm³/mol. The zero-order valence-corrected chi connectivity index (χ0v) is 26.3. The lowest BCUT2D eigenvalue weighted by atomic mass is 9.98. The fourth-order valence-electron chi connectivity index (χ4n) is 6.89. The van der Waals surface area contributed by atoms with E-state index in [4.69, 9.17) is 0 Å². The maximum Gasteiger partial charge on any atom is 0.416 e. The SMILES string of the molecule is CNC[C@H](O)CNc1cc(-c2ccccc2-c2nncn2C)cc(N2Cc3c(cc(CN4CCC5(CC5)C4)cc3C(F)(F)F)C2=O)n1. The Morgan fingerprint density at radius 2 is 1.83 bits per heavy atom. The number of pyridine rings is 1. The first-order valence-electron chi connectivity index (χ1n) is 15.8. The van der Waals surface area contributed by atoms with Gasteiger partial charge in [0.2, 0.25) is 0 Å². The van der Waals surface area contributed by atoms with Gasteiger partial charge in [-0.2, -0.15) is 13.2 Å². The van der Waals surface area contributed by atoms with Crippen LogP contribution in [0.15, 0.2) is 54.9 Å². The zero-order valence-electron chi connectivity index (χ0n) is 26.3. The van der Waals surface area contributed by atoms with Gasteiger partial charge in [0.15, 0.2) is 5.82 Å².